The van der Waals surface area contributed by atoms with Gasteiger partial charge in [-0.15, -0.1) is 8.78 Å². The zero-order chi connectivity index (χ0) is 24.3. The molecule has 1 saturated carbocycles. The van der Waals surface area contributed by atoms with E-state index in [2.05, 4.69) is 20.1 Å². The molecule has 7 nitrogen and oxygen atoms in total. The molecular weight excluding hydrogens is 477 g/mol. The van der Waals surface area contributed by atoms with Gasteiger partial charge in [-0.2, -0.15) is 0 Å². The van der Waals surface area contributed by atoms with E-state index in [1.54, 1.807) is 0 Å². The Morgan fingerprint density at radius 2 is 1.76 bits per heavy atom. The fraction of sp³-hybridized carbons (Fsp3) is 0.391. The fourth-order valence-electron chi connectivity index (χ4n) is 4.04. The molecule has 0 bridgehead atoms. The molecule has 1 aliphatic carbocycles. The summed E-state index contributed by atoms with van der Waals surface area (Å²) in [5, 5.41) is 5.49. The average molecular weight is 499 g/mol. The number of alkyl halides is 2. The van der Waals surface area contributed by atoms with Crippen LogP contribution in [-0.4, -0.2) is 30.3 Å². The Labute approximate surface area is 198 Å². The summed E-state index contributed by atoms with van der Waals surface area (Å²) in [6.07, 6.45) is -0.421. The molecule has 2 aromatic rings. The molecule has 34 heavy (non-hydrogen) atoms. The molecule has 2 aliphatic rings. The normalized spacial score (nSPS) is 17.6. The molecule has 2 N–H and O–H groups in total. The Balaban J connectivity index is 1.37. The number of benzene rings is 2. The van der Waals surface area contributed by atoms with E-state index in [1.807, 2.05) is 0 Å². The Morgan fingerprint density at radius 1 is 1.03 bits per heavy atom. The molecule has 0 saturated heterocycles. The minimum atomic E-state index is -3.72. The van der Waals surface area contributed by atoms with Gasteiger partial charge in [0, 0.05) is 12.6 Å². The second-order valence-electron chi connectivity index (χ2n) is 8.19. The highest BCUT2D eigenvalue weighted by molar-refractivity contribution is 6.30. The number of carbonyl (C=O) groups is 2. The van der Waals surface area contributed by atoms with Crippen LogP contribution in [0.15, 0.2) is 36.4 Å². The van der Waals surface area contributed by atoms with Crippen LogP contribution in [0.3, 0.4) is 0 Å². The summed E-state index contributed by atoms with van der Waals surface area (Å²) in [6, 6.07) is 8.06. The molecular formula is C23H22ClF3N2O5. The summed E-state index contributed by atoms with van der Waals surface area (Å²) in [7, 11) is 0. The predicted molar refractivity (Wildman–Crippen MR) is 115 cm³/mol. The van der Waals surface area contributed by atoms with Gasteiger partial charge < -0.3 is 24.8 Å². The Bertz CT molecular complexity index is 1090. The fourth-order valence-corrected chi connectivity index (χ4v) is 4.16. The van der Waals surface area contributed by atoms with E-state index >= 15 is 0 Å². The summed E-state index contributed by atoms with van der Waals surface area (Å²) in [5.74, 6) is -1.66. The molecule has 0 aromatic heterocycles. The van der Waals surface area contributed by atoms with E-state index in [4.69, 9.17) is 16.3 Å². The third kappa shape index (κ3) is 5.49. The number of hydrogen-bond acceptors (Lipinski definition) is 5. The molecule has 0 radical (unpaired) electrons. The van der Waals surface area contributed by atoms with Crippen LogP contribution < -0.4 is 24.8 Å². The summed E-state index contributed by atoms with van der Waals surface area (Å²) in [4.78, 5) is 25.7. The van der Waals surface area contributed by atoms with Gasteiger partial charge in [-0.1, -0.05) is 36.9 Å². The average Bonchev–Trinajstić information content (AvgIpc) is 3.11. The lowest BCUT2D eigenvalue weighted by Crippen LogP contribution is -2.60. The molecule has 0 atom stereocenters. The monoisotopic (exact) mass is 498 g/mol. The van der Waals surface area contributed by atoms with Crippen molar-refractivity contribution < 1.29 is 37.0 Å². The highest BCUT2D eigenvalue weighted by Gasteiger charge is 2.44. The number of fused-ring (bicyclic) bond motifs is 1. The molecule has 1 heterocycles. The molecule has 2 aromatic carbocycles. The minimum absolute atomic E-state index is 0.0409. The van der Waals surface area contributed by atoms with Crippen LogP contribution in [-0.2, 0) is 16.1 Å². The van der Waals surface area contributed by atoms with Gasteiger partial charge in [-0.3, -0.25) is 9.59 Å². The van der Waals surface area contributed by atoms with Crippen molar-refractivity contribution in [1.82, 2.24) is 10.6 Å². The first kappa shape index (κ1) is 24.0. The maximum absolute atomic E-state index is 13.6. The lowest BCUT2D eigenvalue weighted by molar-refractivity contribution is -0.286. The van der Waals surface area contributed by atoms with Crippen LogP contribution in [0.25, 0.3) is 0 Å². The van der Waals surface area contributed by atoms with Crippen molar-refractivity contribution in [1.29, 1.82) is 0 Å². The zero-order valence-electron chi connectivity index (χ0n) is 18.0. The Morgan fingerprint density at radius 3 is 2.50 bits per heavy atom. The third-order valence-corrected chi connectivity index (χ3v) is 6.01. The van der Waals surface area contributed by atoms with Crippen molar-refractivity contribution >= 4 is 23.4 Å². The first-order valence-corrected chi connectivity index (χ1v) is 11.1. The number of hydrogen-bond donors (Lipinski definition) is 2. The van der Waals surface area contributed by atoms with E-state index in [9.17, 15) is 22.8 Å². The molecule has 2 amide bonds. The Hall–Kier alpha value is -3.14. The number of halogens is 4. The lowest BCUT2D eigenvalue weighted by atomic mass is 9.80. The lowest BCUT2D eigenvalue weighted by Gasteiger charge is -2.36. The van der Waals surface area contributed by atoms with E-state index in [1.165, 1.54) is 30.3 Å². The topological polar surface area (TPSA) is 85.9 Å². The zero-order valence-corrected chi connectivity index (χ0v) is 18.7. The highest BCUT2D eigenvalue weighted by atomic mass is 35.5. The Kier molecular flexibility index (Phi) is 6.79. The number of amides is 2. The summed E-state index contributed by atoms with van der Waals surface area (Å²) < 4.78 is 54.1. The van der Waals surface area contributed by atoms with Crippen molar-refractivity contribution in [3.8, 4) is 17.2 Å². The summed E-state index contributed by atoms with van der Waals surface area (Å²) >= 11 is 5.64. The van der Waals surface area contributed by atoms with Gasteiger partial charge in [0.25, 0.3) is 5.91 Å². The van der Waals surface area contributed by atoms with Crippen LogP contribution >= 0.6 is 11.6 Å². The first-order chi connectivity index (χ1) is 16.2. The van der Waals surface area contributed by atoms with Crippen molar-refractivity contribution in [2.45, 2.75) is 50.5 Å². The van der Waals surface area contributed by atoms with Gasteiger partial charge in [0.1, 0.15) is 17.1 Å². The van der Waals surface area contributed by atoms with Gasteiger partial charge in [0.15, 0.2) is 18.1 Å². The molecule has 1 fully saturated rings. The number of carbonyl (C=O) groups excluding carboxylic acids is 2. The van der Waals surface area contributed by atoms with Crippen molar-refractivity contribution in [2.75, 3.05) is 6.61 Å². The number of rotatable bonds is 7. The van der Waals surface area contributed by atoms with Crippen molar-refractivity contribution in [3.63, 3.8) is 0 Å². The number of nitrogens with one attached hydrogen (secondary N) is 2. The molecule has 0 spiro atoms. The van der Waals surface area contributed by atoms with Crippen molar-refractivity contribution in [2.24, 2.45) is 0 Å². The molecule has 0 unspecified atom stereocenters. The first-order valence-electron chi connectivity index (χ1n) is 10.7. The second-order valence-corrected chi connectivity index (χ2v) is 8.59. The smallest absolute Gasteiger partial charge is 0.484 e. The SMILES string of the molecule is O=C(COc1ccc(Cl)c(F)c1)NC1(C(=O)NCc2ccc3c(c2)OC(F)(F)O3)CCCCC1. The predicted octanol–water partition coefficient (Wildman–Crippen LogP) is 4.31. The highest BCUT2D eigenvalue weighted by Crippen LogP contribution is 2.41. The summed E-state index contributed by atoms with van der Waals surface area (Å²) in [6.45, 7) is -0.369. The number of ether oxygens (including phenoxy) is 3. The maximum atomic E-state index is 13.6. The maximum Gasteiger partial charge on any atom is 0.586 e. The van der Waals surface area contributed by atoms with Gasteiger partial charge in [0.2, 0.25) is 5.91 Å². The van der Waals surface area contributed by atoms with E-state index in [-0.39, 0.29) is 34.7 Å². The van der Waals surface area contributed by atoms with Crippen LogP contribution in [0.5, 0.6) is 17.2 Å². The minimum Gasteiger partial charge on any atom is -0.484 e. The quantitative estimate of drug-likeness (QED) is 0.594. The standard InChI is InChI=1S/C23H22ClF3N2O5/c24-16-6-5-15(11-17(16)25)32-13-20(30)29-22(8-2-1-3-9-22)21(31)28-12-14-4-7-18-19(10-14)34-23(26,27)33-18/h4-7,10-11H,1-3,8-9,12-13H2,(H,28,31)(H,29,30). The van der Waals surface area contributed by atoms with Gasteiger partial charge in [-0.05, 0) is 42.7 Å². The molecule has 4 rings (SSSR count). The second kappa shape index (κ2) is 9.61. The van der Waals surface area contributed by atoms with E-state index in [0.717, 1.165) is 25.3 Å². The molecule has 1 aliphatic heterocycles. The van der Waals surface area contributed by atoms with Crippen molar-refractivity contribution in [3.05, 3.63) is 52.8 Å². The van der Waals surface area contributed by atoms with Gasteiger partial charge in [-0.25, -0.2) is 4.39 Å². The van der Waals surface area contributed by atoms with Crippen LogP contribution in [0, 0.1) is 5.82 Å². The third-order valence-electron chi connectivity index (χ3n) is 5.70. The van der Waals surface area contributed by atoms with Crippen LogP contribution in [0.4, 0.5) is 13.2 Å². The van der Waals surface area contributed by atoms with E-state index < -0.39 is 30.2 Å². The van der Waals surface area contributed by atoms with Crippen LogP contribution in [0.1, 0.15) is 37.7 Å². The largest absolute Gasteiger partial charge is 0.586 e. The van der Waals surface area contributed by atoms with Gasteiger partial charge >= 0.3 is 6.29 Å². The molecule has 182 valence electrons. The molecule has 11 heteroatoms. The van der Waals surface area contributed by atoms with E-state index in [0.29, 0.717) is 18.4 Å². The summed E-state index contributed by atoms with van der Waals surface area (Å²) in [5.41, 5.74) is -0.605. The van der Waals surface area contributed by atoms with Gasteiger partial charge in [0.05, 0.1) is 5.02 Å². The van der Waals surface area contributed by atoms with Crippen LogP contribution in [0.2, 0.25) is 5.02 Å².